The van der Waals surface area contributed by atoms with Crippen LogP contribution in [0.3, 0.4) is 0 Å². The molecule has 1 aromatic rings. The minimum absolute atomic E-state index is 0.00788. The van der Waals surface area contributed by atoms with E-state index in [0.717, 1.165) is 44.5 Å². The molecule has 3 N–H and O–H groups in total. The molecule has 3 unspecified atom stereocenters. The molecule has 1 spiro atoms. The van der Waals surface area contributed by atoms with Gasteiger partial charge in [-0.1, -0.05) is 12.1 Å². The summed E-state index contributed by atoms with van der Waals surface area (Å²) in [4.78, 5) is 28.0. The van der Waals surface area contributed by atoms with Gasteiger partial charge < -0.3 is 20.9 Å². The molecule has 28 heavy (non-hydrogen) atoms. The van der Waals surface area contributed by atoms with Crippen molar-refractivity contribution in [1.29, 1.82) is 0 Å². The predicted molar refractivity (Wildman–Crippen MR) is 108 cm³/mol. The molecule has 2 heterocycles. The van der Waals surface area contributed by atoms with Gasteiger partial charge in [0, 0.05) is 30.6 Å². The first-order valence-electron chi connectivity index (χ1n) is 10.8. The molecule has 6 heteroatoms. The van der Waals surface area contributed by atoms with Crippen molar-refractivity contribution in [2.75, 3.05) is 31.5 Å². The van der Waals surface area contributed by atoms with Crippen LogP contribution in [0.5, 0.6) is 0 Å². The third-order valence-corrected chi connectivity index (χ3v) is 7.40. The summed E-state index contributed by atoms with van der Waals surface area (Å²) in [6.07, 6.45) is 6.40. The van der Waals surface area contributed by atoms with Crippen LogP contribution in [0.2, 0.25) is 0 Å². The van der Waals surface area contributed by atoms with Gasteiger partial charge in [-0.2, -0.15) is 0 Å². The molecule has 3 saturated carbocycles. The lowest BCUT2D eigenvalue weighted by Crippen LogP contribution is -2.68. The predicted octanol–water partition coefficient (Wildman–Crippen LogP) is 2.19. The van der Waals surface area contributed by atoms with E-state index in [1.807, 2.05) is 24.3 Å². The lowest BCUT2D eigenvalue weighted by molar-refractivity contribution is -0.132. The fraction of sp³-hybridized carbons (Fsp3) is 0.636. The van der Waals surface area contributed by atoms with Gasteiger partial charge in [0.15, 0.2) is 0 Å². The van der Waals surface area contributed by atoms with Crippen LogP contribution in [0.25, 0.3) is 0 Å². The fourth-order valence-electron chi connectivity index (χ4n) is 5.94. The van der Waals surface area contributed by atoms with Crippen LogP contribution in [0, 0.1) is 17.8 Å². The summed E-state index contributed by atoms with van der Waals surface area (Å²) >= 11 is 0. The molecule has 2 aliphatic heterocycles. The third-order valence-electron chi connectivity index (χ3n) is 7.40. The molecule has 6 rings (SSSR count). The first-order chi connectivity index (χ1) is 13.6. The van der Waals surface area contributed by atoms with Gasteiger partial charge in [0.05, 0.1) is 5.56 Å². The Morgan fingerprint density at radius 2 is 2.00 bits per heavy atom. The molecule has 4 atom stereocenters. The zero-order valence-corrected chi connectivity index (χ0v) is 16.4. The summed E-state index contributed by atoms with van der Waals surface area (Å²) in [6.45, 7) is 4.05. The number of fused-ring (bicyclic) bond motifs is 3. The van der Waals surface area contributed by atoms with Crippen LogP contribution in [0.4, 0.5) is 5.69 Å². The van der Waals surface area contributed by atoms with Crippen molar-refractivity contribution < 1.29 is 9.59 Å². The van der Waals surface area contributed by atoms with Crippen molar-refractivity contribution in [3.8, 4) is 0 Å². The number of rotatable bonds is 4. The third kappa shape index (κ3) is 3.08. The number of benzene rings is 1. The Morgan fingerprint density at radius 1 is 1.18 bits per heavy atom. The number of para-hydroxylation sites is 1. The highest BCUT2D eigenvalue weighted by atomic mass is 16.2. The molecule has 150 valence electrons. The molecule has 3 aliphatic carbocycles. The molecule has 2 amide bonds. The molecule has 0 aromatic heterocycles. The number of hydrogen-bond donors (Lipinski definition) is 3. The number of amides is 2. The second-order valence-electron chi connectivity index (χ2n) is 9.02. The standard InChI is InChI=1S/C22H30N4O2/c27-20(23-9-12-26-10-3-4-11-26)18-13-16-8-7-15(18)14-22(16)24-19-6-2-1-5-17(19)21(28)25-22/h1-2,5-6,15-16,18,24H,3-4,7-14H2,(H,23,27)(H,25,28)/t15?,16?,18?,22-/m1/s1. The topological polar surface area (TPSA) is 73.5 Å². The van der Waals surface area contributed by atoms with Crippen molar-refractivity contribution in [1.82, 2.24) is 15.5 Å². The van der Waals surface area contributed by atoms with Gasteiger partial charge in [-0.15, -0.1) is 0 Å². The molecular weight excluding hydrogens is 352 g/mol. The maximum Gasteiger partial charge on any atom is 0.255 e. The van der Waals surface area contributed by atoms with E-state index >= 15 is 0 Å². The first-order valence-corrected chi connectivity index (χ1v) is 10.8. The number of hydrogen-bond acceptors (Lipinski definition) is 4. The zero-order chi connectivity index (χ0) is 19.1. The molecule has 2 bridgehead atoms. The van der Waals surface area contributed by atoms with E-state index < -0.39 is 0 Å². The second-order valence-corrected chi connectivity index (χ2v) is 9.02. The number of nitrogens with zero attached hydrogens (tertiary/aromatic N) is 1. The fourth-order valence-corrected chi connectivity index (χ4v) is 5.94. The van der Waals surface area contributed by atoms with Gasteiger partial charge in [-0.3, -0.25) is 9.59 Å². The largest absolute Gasteiger partial charge is 0.362 e. The SMILES string of the molecule is O=C1N[C@@]2(CC3CCC2CC3C(=O)NCCN2CCCC2)Nc2ccccc21. The van der Waals surface area contributed by atoms with Crippen LogP contribution in [0.1, 0.15) is 48.9 Å². The van der Waals surface area contributed by atoms with Gasteiger partial charge in [0.25, 0.3) is 5.91 Å². The monoisotopic (exact) mass is 382 g/mol. The summed E-state index contributed by atoms with van der Waals surface area (Å²) in [6, 6.07) is 7.71. The quantitative estimate of drug-likeness (QED) is 0.746. The maximum absolute atomic E-state index is 12.9. The Balaban J connectivity index is 1.24. The van der Waals surface area contributed by atoms with Crippen molar-refractivity contribution in [2.24, 2.45) is 17.8 Å². The average molecular weight is 383 g/mol. The van der Waals surface area contributed by atoms with Gasteiger partial charge in [0.2, 0.25) is 5.91 Å². The van der Waals surface area contributed by atoms with E-state index in [9.17, 15) is 9.59 Å². The first kappa shape index (κ1) is 18.0. The van der Waals surface area contributed by atoms with Crippen LogP contribution in [-0.2, 0) is 4.79 Å². The highest BCUT2D eigenvalue weighted by Gasteiger charge is 2.55. The minimum Gasteiger partial charge on any atom is -0.362 e. The normalized spacial score (nSPS) is 34.0. The van der Waals surface area contributed by atoms with E-state index in [4.69, 9.17) is 0 Å². The smallest absolute Gasteiger partial charge is 0.255 e. The molecular formula is C22H30N4O2. The van der Waals surface area contributed by atoms with Crippen LogP contribution >= 0.6 is 0 Å². The second kappa shape index (κ2) is 7.07. The summed E-state index contributed by atoms with van der Waals surface area (Å²) in [7, 11) is 0. The highest BCUT2D eigenvalue weighted by Crippen LogP contribution is 2.51. The molecule has 1 saturated heterocycles. The summed E-state index contributed by atoms with van der Waals surface area (Å²) in [5.41, 5.74) is 1.25. The van der Waals surface area contributed by atoms with Gasteiger partial charge >= 0.3 is 0 Å². The Morgan fingerprint density at radius 3 is 2.79 bits per heavy atom. The number of anilines is 1. The Labute approximate surface area is 166 Å². The summed E-state index contributed by atoms with van der Waals surface area (Å²) < 4.78 is 0. The summed E-state index contributed by atoms with van der Waals surface area (Å²) in [5.74, 6) is 0.928. The van der Waals surface area contributed by atoms with Crippen molar-refractivity contribution in [2.45, 2.75) is 44.2 Å². The van der Waals surface area contributed by atoms with Gasteiger partial charge in [-0.05, 0) is 69.7 Å². The van der Waals surface area contributed by atoms with E-state index in [1.54, 1.807) is 0 Å². The average Bonchev–Trinajstić information content (AvgIpc) is 3.22. The van der Waals surface area contributed by atoms with E-state index in [0.29, 0.717) is 17.4 Å². The van der Waals surface area contributed by atoms with Gasteiger partial charge in [0.1, 0.15) is 5.66 Å². The number of carbonyl (C=O) groups excluding carboxylic acids is 2. The molecule has 1 aromatic carbocycles. The van der Waals surface area contributed by atoms with E-state index in [-0.39, 0.29) is 23.4 Å². The van der Waals surface area contributed by atoms with E-state index in [1.165, 1.54) is 25.9 Å². The van der Waals surface area contributed by atoms with Crippen LogP contribution < -0.4 is 16.0 Å². The maximum atomic E-state index is 12.9. The zero-order valence-electron chi connectivity index (χ0n) is 16.4. The summed E-state index contributed by atoms with van der Waals surface area (Å²) in [5, 5.41) is 10.1. The van der Waals surface area contributed by atoms with Gasteiger partial charge in [-0.25, -0.2) is 0 Å². The highest BCUT2D eigenvalue weighted by molar-refractivity contribution is 6.02. The van der Waals surface area contributed by atoms with Crippen molar-refractivity contribution in [3.63, 3.8) is 0 Å². The van der Waals surface area contributed by atoms with Crippen molar-refractivity contribution in [3.05, 3.63) is 29.8 Å². The number of nitrogens with one attached hydrogen (secondary N) is 3. The van der Waals surface area contributed by atoms with Crippen LogP contribution in [0.15, 0.2) is 24.3 Å². The molecule has 0 radical (unpaired) electrons. The Kier molecular flexibility index (Phi) is 4.54. The van der Waals surface area contributed by atoms with Crippen molar-refractivity contribution >= 4 is 17.5 Å². The van der Waals surface area contributed by atoms with Crippen LogP contribution in [-0.4, -0.2) is 48.6 Å². The Hall–Kier alpha value is -2.08. The number of likely N-dealkylation sites (tertiary alicyclic amines) is 1. The van der Waals surface area contributed by atoms with E-state index in [2.05, 4.69) is 20.9 Å². The molecule has 6 nitrogen and oxygen atoms in total. The molecule has 4 fully saturated rings. The number of carbonyl (C=O) groups is 2. The Bertz CT molecular complexity index is 776. The lowest BCUT2D eigenvalue weighted by atomic mass is 9.58. The lowest BCUT2D eigenvalue weighted by Gasteiger charge is -2.56. The molecule has 5 aliphatic rings. The minimum atomic E-state index is -0.388.